The smallest absolute Gasteiger partial charge is 0.340 e. The van der Waals surface area contributed by atoms with Crippen molar-refractivity contribution in [1.82, 2.24) is 9.47 Å². The summed E-state index contributed by atoms with van der Waals surface area (Å²) in [6, 6.07) is 26.2. The molecule has 1 aromatic heterocycles. The van der Waals surface area contributed by atoms with Gasteiger partial charge in [0.15, 0.2) is 0 Å². The lowest BCUT2D eigenvalue weighted by atomic mass is 9.98. The molecule has 1 amide bonds. The van der Waals surface area contributed by atoms with E-state index < -0.39 is 5.97 Å². The Morgan fingerprint density at radius 3 is 2.32 bits per heavy atom. The fourth-order valence-corrected chi connectivity index (χ4v) is 5.31. The normalized spacial score (nSPS) is 12.8. The first kappa shape index (κ1) is 22.7. The van der Waals surface area contributed by atoms with Crippen molar-refractivity contribution in [2.75, 3.05) is 7.11 Å². The zero-order valence-corrected chi connectivity index (χ0v) is 20.5. The van der Waals surface area contributed by atoms with Crippen LogP contribution in [0.15, 0.2) is 84.9 Å². The second-order valence-electron chi connectivity index (χ2n) is 9.35. The number of hydrogen-bond acceptors (Lipinski definition) is 4. The van der Waals surface area contributed by atoms with Crippen LogP contribution in [0.1, 0.15) is 47.8 Å². The number of benzene rings is 4. The van der Waals surface area contributed by atoms with Crippen LogP contribution in [0.3, 0.4) is 0 Å². The number of carbonyl (C=O) groups is 3. The summed E-state index contributed by atoms with van der Waals surface area (Å²) < 4.78 is 6.71. The Labute approximate surface area is 213 Å². The Bertz CT molecular complexity index is 1720. The Balaban J connectivity index is 1.66. The molecule has 1 aliphatic heterocycles. The first-order valence-corrected chi connectivity index (χ1v) is 12.1. The van der Waals surface area contributed by atoms with Crippen molar-refractivity contribution in [2.45, 2.75) is 20.0 Å². The van der Waals surface area contributed by atoms with E-state index in [0.717, 1.165) is 22.1 Å². The minimum atomic E-state index is -0.552. The molecule has 0 saturated carbocycles. The summed E-state index contributed by atoms with van der Waals surface area (Å²) in [5.41, 5.74) is 5.08. The Hall–Kier alpha value is -4.71. The van der Waals surface area contributed by atoms with E-state index in [9.17, 15) is 14.4 Å². The molecule has 0 atom stereocenters. The van der Waals surface area contributed by atoms with E-state index in [-0.39, 0.29) is 17.4 Å². The zero-order chi connectivity index (χ0) is 25.7. The minimum Gasteiger partial charge on any atom is -0.465 e. The molecule has 6 heteroatoms. The summed E-state index contributed by atoms with van der Waals surface area (Å²) in [7, 11) is 1.32. The van der Waals surface area contributed by atoms with Gasteiger partial charge >= 0.3 is 5.97 Å². The lowest BCUT2D eigenvalue weighted by Gasteiger charge is -2.15. The molecule has 6 rings (SSSR count). The number of carbonyl (C=O) groups excluding carboxylic acids is 3. The molecular weight excluding hydrogens is 464 g/mol. The molecule has 2 heterocycles. The van der Waals surface area contributed by atoms with Gasteiger partial charge in [-0.1, -0.05) is 60.2 Å². The van der Waals surface area contributed by atoms with E-state index in [1.165, 1.54) is 7.11 Å². The van der Waals surface area contributed by atoms with Crippen molar-refractivity contribution >= 4 is 39.6 Å². The van der Waals surface area contributed by atoms with Crippen LogP contribution >= 0.6 is 0 Å². The van der Waals surface area contributed by atoms with Gasteiger partial charge in [-0.2, -0.15) is 0 Å². The highest BCUT2D eigenvalue weighted by Gasteiger charge is 2.35. The summed E-state index contributed by atoms with van der Waals surface area (Å²) in [5.74, 6) is -0.947. The Morgan fingerprint density at radius 2 is 1.62 bits per heavy atom. The van der Waals surface area contributed by atoms with Gasteiger partial charge in [-0.3, -0.25) is 14.2 Å². The standard InChI is InChI=1S/C31H24N2O4/c1-19-13-14-25-23(15-19)27-26-22(18-32(30(26)35)17-20-9-5-3-6-10-20)16-24(31(36)37-2)28(27)33(25)29(34)21-11-7-4-8-12-21/h3-16H,17-18H2,1-2H3. The van der Waals surface area contributed by atoms with Crippen molar-refractivity contribution in [1.29, 1.82) is 0 Å². The lowest BCUT2D eigenvalue weighted by molar-refractivity contribution is 0.0602. The number of rotatable bonds is 4. The molecule has 5 aromatic rings. The predicted molar refractivity (Wildman–Crippen MR) is 142 cm³/mol. The maximum absolute atomic E-state index is 13.9. The number of nitrogens with zero attached hydrogens (tertiary/aromatic N) is 2. The number of hydrogen-bond donors (Lipinski definition) is 0. The molecule has 0 aliphatic carbocycles. The van der Waals surface area contributed by atoms with Crippen LogP contribution in [-0.4, -0.2) is 34.4 Å². The monoisotopic (exact) mass is 488 g/mol. The summed E-state index contributed by atoms with van der Waals surface area (Å²) in [5, 5.41) is 1.37. The third-order valence-electron chi connectivity index (χ3n) is 6.98. The predicted octanol–water partition coefficient (Wildman–Crippen LogP) is 5.73. The van der Waals surface area contributed by atoms with Crippen molar-refractivity contribution in [3.05, 3.63) is 118 Å². The van der Waals surface area contributed by atoms with E-state index in [4.69, 9.17) is 4.74 Å². The summed E-state index contributed by atoms with van der Waals surface area (Å²) >= 11 is 0. The van der Waals surface area contributed by atoms with E-state index in [2.05, 4.69) is 0 Å². The van der Waals surface area contributed by atoms with E-state index in [1.54, 1.807) is 39.8 Å². The van der Waals surface area contributed by atoms with E-state index in [1.807, 2.05) is 61.5 Å². The molecule has 0 bridgehead atoms. The summed E-state index contributed by atoms with van der Waals surface area (Å²) in [6.07, 6.45) is 0. The topological polar surface area (TPSA) is 68.6 Å². The van der Waals surface area contributed by atoms with Gasteiger partial charge in [-0.05, 0) is 48.4 Å². The second kappa shape index (κ2) is 8.75. The third-order valence-corrected chi connectivity index (χ3v) is 6.98. The maximum atomic E-state index is 13.9. The van der Waals surface area contributed by atoms with Crippen LogP contribution in [0.25, 0.3) is 21.8 Å². The third kappa shape index (κ3) is 3.61. The molecule has 37 heavy (non-hydrogen) atoms. The van der Waals surface area contributed by atoms with Crippen LogP contribution in [0.2, 0.25) is 0 Å². The average molecular weight is 489 g/mol. The molecule has 0 radical (unpaired) electrons. The van der Waals surface area contributed by atoms with Gasteiger partial charge in [0.25, 0.3) is 11.8 Å². The Morgan fingerprint density at radius 1 is 0.919 bits per heavy atom. The highest BCUT2D eigenvalue weighted by atomic mass is 16.5. The number of methoxy groups -OCH3 is 1. The number of aryl methyl sites for hydroxylation is 1. The van der Waals surface area contributed by atoms with Crippen LogP contribution in [0.4, 0.5) is 0 Å². The second-order valence-corrected chi connectivity index (χ2v) is 9.35. The number of fused-ring (bicyclic) bond motifs is 5. The van der Waals surface area contributed by atoms with Crippen LogP contribution in [0, 0.1) is 6.92 Å². The number of esters is 1. The SMILES string of the molecule is COC(=O)c1cc2c(c3c4cc(C)ccc4n(C(=O)c4ccccc4)c13)C(=O)N(Cc1ccccc1)C2. The molecule has 0 spiro atoms. The first-order chi connectivity index (χ1) is 18.0. The van der Waals surface area contributed by atoms with Crippen molar-refractivity contribution in [3.8, 4) is 0 Å². The number of amides is 1. The molecule has 4 aromatic carbocycles. The van der Waals surface area contributed by atoms with Gasteiger partial charge < -0.3 is 9.64 Å². The van der Waals surface area contributed by atoms with Crippen LogP contribution in [0.5, 0.6) is 0 Å². The fraction of sp³-hybridized carbons (Fsp3) is 0.129. The average Bonchev–Trinajstić information content (AvgIpc) is 3.42. The van der Waals surface area contributed by atoms with Gasteiger partial charge in [0.2, 0.25) is 0 Å². The van der Waals surface area contributed by atoms with Gasteiger partial charge in [0.05, 0.1) is 29.3 Å². The highest BCUT2D eigenvalue weighted by molar-refractivity contribution is 6.27. The van der Waals surface area contributed by atoms with Crippen molar-refractivity contribution in [2.24, 2.45) is 0 Å². The number of ether oxygens (including phenoxy) is 1. The van der Waals surface area contributed by atoms with Crippen LogP contribution < -0.4 is 0 Å². The molecular formula is C31H24N2O4. The molecule has 1 aliphatic rings. The highest BCUT2D eigenvalue weighted by Crippen LogP contribution is 2.40. The number of aromatic nitrogens is 1. The van der Waals surface area contributed by atoms with E-state index >= 15 is 0 Å². The maximum Gasteiger partial charge on any atom is 0.340 e. The van der Waals surface area contributed by atoms with Crippen LogP contribution in [-0.2, 0) is 17.8 Å². The Kier molecular flexibility index (Phi) is 5.37. The minimum absolute atomic E-state index is 0.118. The lowest BCUT2D eigenvalue weighted by Crippen LogP contribution is -2.23. The van der Waals surface area contributed by atoms with Crippen molar-refractivity contribution in [3.63, 3.8) is 0 Å². The molecule has 6 nitrogen and oxygen atoms in total. The summed E-state index contributed by atoms with van der Waals surface area (Å²) in [4.78, 5) is 42.6. The van der Waals surface area contributed by atoms with Crippen molar-refractivity contribution < 1.29 is 19.1 Å². The van der Waals surface area contributed by atoms with E-state index in [0.29, 0.717) is 40.6 Å². The fourth-order valence-electron chi connectivity index (χ4n) is 5.31. The molecule has 0 N–H and O–H groups in total. The molecule has 0 fully saturated rings. The zero-order valence-electron chi connectivity index (χ0n) is 20.5. The molecule has 0 unspecified atom stereocenters. The van der Waals surface area contributed by atoms with Gasteiger partial charge in [-0.25, -0.2) is 4.79 Å². The van der Waals surface area contributed by atoms with Gasteiger partial charge in [0.1, 0.15) is 0 Å². The largest absolute Gasteiger partial charge is 0.465 e. The quantitative estimate of drug-likeness (QED) is 0.303. The molecule has 182 valence electrons. The summed E-state index contributed by atoms with van der Waals surface area (Å²) in [6.45, 7) is 2.79. The van der Waals surface area contributed by atoms with Gasteiger partial charge in [0, 0.05) is 29.4 Å². The van der Waals surface area contributed by atoms with Gasteiger partial charge in [-0.15, -0.1) is 0 Å². The molecule has 0 saturated heterocycles. The first-order valence-electron chi connectivity index (χ1n) is 12.1.